The minimum absolute atomic E-state index is 0.499. The van der Waals surface area contributed by atoms with Crippen molar-refractivity contribution in [3.63, 3.8) is 0 Å². The summed E-state index contributed by atoms with van der Waals surface area (Å²) in [7, 11) is 0. The molecule has 0 atom stereocenters. The number of aromatic nitrogens is 6. The Hall–Kier alpha value is -5.88. The Labute approximate surface area is 299 Å². The van der Waals surface area contributed by atoms with Gasteiger partial charge in [0.15, 0.2) is 0 Å². The van der Waals surface area contributed by atoms with Crippen LogP contribution in [0.2, 0.25) is 0 Å². The van der Waals surface area contributed by atoms with Crippen LogP contribution in [0.3, 0.4) is 0 Å². The van der Waals surface area contributed by atoms with Gasteiger partial charge < -0.3 is 0 Å². The highest BCUT2D eigenvalue weighted by molar-refractivity contribution is 5.95. The molecule has 8 aromatic rings. The van der Waals surface area contributed by atoms with Crippen LogP contribution in [-0.2, 0) is 5.41 Å². The molecule has 0 aliphatic rings. The van der Waals surface area contributed by atoms with Gasteiger partial charge in [0.05, 0.1) is 33.5 Å². The second-order valence-electron chi connectivity index (χ2n) is 14.5. The van der Waals surface area contributed by atoms with E-state index in [1.165, 1.54) is 33.4 Å². The van der Waals surface area contributed by atoms with Crippen LogP contribution in [0.25, 0.3) is 56.0 Å². The van der Waals surface area contributed by atoms with Crippen LogP contribution >= 0.6 is 0 Å². The first-order valence-electron chi connectivity index (χ1n) is 17.6. The molecule has 51 heavy (non-hydrogen) atoms. The zero-order valence-corrected chi connectivity index (χ0v) is 30.6. The molecule has 8 rings (SSSR count). The fourth-order valence-corrected chi connectivity index (χ4v) is 7.64. The average molecular weight is 667 g/mol. The molecule has 0 saturated carbocycles. The first kappa shape index (κ1) is 32.3. The summed E-state index contributed by atoms with van der Waals surface area (Å²) in [5, 5.41) is 0. The monoisotopic (exact) mass is 666 g/mol. The van der Waals surface area contributed by atoms with E-state index in [9.17, 15) is 0 Å². The molecule has 0 bridgehead atoms. The lowest BCUT2D eigenvalue weighted by Gasteiger charge is -2.26. The van der Waals surface area contributed by atoms with Crippen molar-refractivity contribution in [2.75, 3.05) is 0 Å². The van der Waals surface area contributed by atoms with E-state index in [0.717, 1.165) is 67.3 Å². The van der Waals surface area contributed by atoms with Crippen LogP contribution in [-0.4, -0.2) is 29.1 Å². The van der Waals surface area contributed by atoms with Gasteiger partial charge in [-0.05, 0) is 136 Å². The van der Waals surface area contributed by atoms with E-state index in [4.69, 9.17) is 19.9 Å². The van der Waals surface area contributed by atoms with E-state index in [0.29, 0.717) is 0 Å². The lowest BCUT2D eigenvalue weighted by molar-refractivity contribution is 0.590. The molecule has 0 saturated heterocycles. The van der Waals surface area contributed by atoms with Crippen LogP contribution < -0.4 is 0 Å². The zero-order valence-electron chi connectivity index (χ0n) is 30.6. The van der Waals surface area contributed by atoms with Gasteiger partial charge in [-0.25, -0.2) is 19.9 Å². The second kappa shape index (κ2) is 12.2. The Balaban J connectivity index is 1.21. The standard InChI is InChI=1S/C45H42N6/c1-27-21-37(48-39(23-27)50-25-46-43-33(17-11-19-35(43)50)41-29(3)13-9-14-30(41)4)45(7,8)38-22-28(2)24-40(49-38)51-26-47-44-34(18-12-20-36(44)51)42-31(5)15-10-16-32(42)6/h9-26H,1-8H3. The van der Waals surface area contributed by atoms with Crippen molar-refractivity contribution in [2.24, 2.45) is 0 Å². The number of hydrogen-bond acceptors (Lipinski definition) is 4. The number of nitrogens with zero attached hydrogens (tertiary/aromatic N) is 6. The smallest absolute Gasteiger partial charge is 0.138 e. The Morgan fingerprint density at radius 1 is 0.471 bits per heavy atom. The van der Waals surface area contributed by atoms with E-state index in [-0.39, 0.29) is 0 Å². The maximum atomic E-state index is 5.31. The molecule has 6 heteroatoms. The summed E-state index contributed by atoms with van der Waals surface area (Å²) in [6, 6.07) is 34.3. The van der Waals surface area contributed by atoms with Crippen LogP contribution in [0.15, 0.2) is 110 Å². The third-order valence-corrected chi connectivity index (χ3v) is 10.3. The van der Waals surface area contributed by atoms with Crippen LogP contribution in [0, 0.1) is 41.5 Å². The highest BCUT2D eigenvalue weighted by atomic mass is 15.1. The van der Waals surface area contributed by atoms with E-state index in [2.05, 4.69) is 162 Å². The van der Waals surface area contributed by atoms with E-state index in [1.54, 1.807) is 0 Å². The highest BCUT2D eigenvalue weighted by Gasteiger charge is 2.29. The molecule has 0 spiro atoms. The lowest BCUT2D eigenvalue weighted by Crippen LogP contribution is -2.24. The molecule has 0 fully saturated rings. The molecule has 0 amide bonds. The highest BCUT2D eigenvalue weighted by Crippen LogP contribution is 2.37. The topological polar surface area (TPSA) is 61.4 Å². The van der Waals surface area contributed by atoms with Gasteiger partial charge in [0.25, 0.3) is 0 Å². The van der Waals surface area contributed by atoms with Crippen molar-refractivity contribution in [1.29, 1.82) is 0 Å². The van der Waals surface area contributed by atoms with Gasteiger partial charge in [-0.1, -0.05) is 60.7 Å². The number of para-hydroxylation sites is 2. The molecule has 4 heterocycles. The summed E-state index contributed by atoms with van der Waals surface area (Å²) in [4.78, 5) is 20.5. The number of benzene rings is 4. The van der Waals surface area contributed by atoms with Gasteiger partial charge in [-0.15, -0.1) is 0 Å². The average Bonchev–Trinajstić information content (AvgIpc) is 3.74. The molecule has 6 nitrogen and oxygen atoms in total. The molecule has 0 unspecified atom stereocenters. The summed E-state index contributed by atoms with van der Waals surface area (Å²) in [6.07, 6.45) is 3.81. The largest absolute Gasteiger partial charge is 0.283 e. The van der Waals surface area contributed by atoms with Gasteiger partial charge in [0, 0.05) is 16.5 Å². The van der Waals surface area contributed by atoms with Crippen molar-refractivity contribution >= 4 is 22.1 Å². The third-order valence-electron chi connectivity index (χ3n) is 10.3. The number of rotatable bonds is 6. The molecule has 0 aliphatic heterocycles. The van der Waals surface area contributed by atoms with Gasteiger partial charge in [-0.3, -0.25) is 9.13 Å². The first-order valence-corrected chi connectivity index (χ1v) is 17.6. The van der Waals surface area contributed by atoms with E-state index < -0.39 is 5.41 Å². The minimum atomic E-state index is -0.499. The van der Waals surface area contributed by atoms with Crippen LogP contribution in [0.4, 0.5) is 0 Å². The summed E-state index contributed by atoms with van der Waals surface area (Å²) in [5.74, 6) is 1.68. The lowest BCUT2D eigenvalue weighted by atomic mass is 9.83. The summed E-state index contributed by atoms with van der Waals surface area (Å²) in [6.45, 7) is 17.3. The fraction of sp³-hybridized carbons (Fsp3) is 0.200. The zero-order chi connectivity index (χ0) is 35.6. The molecule has 4 aromatic heterocycles. The molecule has 252 valence electrons. The normalized spacial score (nSPS) is 11.9. The fourth-order valence-electron chi connectivity index (χ4n) is 7.64. The third kappa shape index (κ3) is 5.42. The number of fused-ring (bicyclic) bond motifs is 2. The summed E-state index contributed by atoms with van der Waals surface area (Å²) < 4.78 is 4.22. The summed E-state index contributed by atoms with van der Waals surface area (Å²) in [5.41, 5.74) is 17.4. The van der Waals surface area contributed by atoms with Crippen molar-refractivity contribution < 1.29 is 0 Å². The van der Waals surface area contributed by atoms with E-state index >= 15 is 0 Å². The van der Waals surface area contributed by atoms with Crippen molar-refractivity contribution in [3.8, 4) is 33.9 Å². The quantitative estimate of drug-likeness (QED) is 0.177. The molecule has 0 aliphatic carbocycles. The van der Waals surface area contributed by atoms with Crippen molar-refractivity contribution in [3.05, 3.63) is 154 Å². The number of hydrogen-bond donors (Lipinski definition) is 0. The van der Waals surface area contributed by atoms with Gasteiger partial charge in [-0.2, -0.15) is 0 Å². The van der Waals surface area contributed by atoms with Crippen molar-refractivity contribution in [2.45, 2.75) is 60.8 Å². The summed E-state index contributed by atoms with van der Waals surface area (Å²) >= 11 is 0. The number of aryl methyl sites for hydroxylation is 6. The predicted octanol–water partition coefficient (Wildman–Crippen LogP) is 10.7. The maximum absolute atomic E-state index is 5.31. The Morgan fingerprint density at radius 3 is 1.24 bits per heavy atom. The first-order chi connectivity index (χ1) is 24.5. The molecule has 0 N–H and O–H groups in total. The van der Waals surface area contributed by atoms with Gasteiger partial charge >= 0.3 is 0 Å². The molecular weight excluding hydrogens is 625 g/mol. The molecular formula is C45H42N6. The van der Waals surface area contributed by atoms with E-state index in [1.807, 2.05) is 12.7 Å². The maximum Gasteiger partial charge on any atom is 0.138 e. The minimum Gasteiger partial charge on any atom is -0.283 e. The Morgan fingerprint density at radius 2 is 0.843 bits per heavy atom. The van der Waals surface area contributed by atoms with Crippen LogP contribution in [0.5, 0.6) is 0 Å². The second-order valence-corrected chi connectivity index (χ2v) is 14.5. The predicted molar refractivity (Wildman–Crippen MR) is 209 cm³/mol. The van der Waals surface area contributed by atoms with Crippen LogP contribution in [0.1, 0.15) is 58.6 Å². The number of imidazole rings is 2. The molecule has 4 aromatic carbocycles. The molecule has 0 radical (unpaired) electrons. The Bertz CT molecular complexity index is 2420. The van der Waals surface area contributed by atoms with Gasteiger partial charge in [0.1, 0.15) is 24.3 Å². The van der Waals surface area contributed by atoms with Crippen molar-refractivity contribution in [1.82, 2.24) is 29.1 Å². The SMILES string of the molecule is Cc1cc(-n2cnc3c(-c4c(C)cccc4C)cccc32)nc(C(C)(C)c2cc(C)cc(-n3cnc4c(-c5c(C)cccc5C)cccc43)n2)c1. The number of pyridine rings is 2. The van der Waals surface area contributed by atoms with Gasteiger partial charge in [0.2, 0.25) is 0 Å². The Kier molecular flexibility index (Phi) is 7.71.